The summed E-state index contributed by atoms with van der Waals surface area (Å²) in [5, 5.41) is 0. The molecule has 1 saturated heterocycles. The molecule has 2 rings (SSSR count). The zero-order valence-electron chi connectivity index (χ0n) is 11.4. The van der Waals surface area contributed by atoms with E-state index in [-0.39, 0.29) is 18.1 Å². The van der Waals surface area contributed by atoms with Gasteiger partial charge >= 0.3 is 0 Å². The molecule has 3 unspecified atom stereocenters. The number of hydrogen-bond donors (Lipinski definition) is 1. The van der Waals surface area contributed by atoms with Crippen LogP contribution >= 0.6 is 0 Å². The highest BCUT2D eigenvalue weighted by atomic mass is 16.5. The van der Waals surface area contributed by atoms with Crippen LogP contribution in [0.25, 0.3) is 0 Å². The minimum atomic E-state index is 0.161. The predicted molar refractivity (Wildman–Crippen MR) is 71.2 cm³/mol. The molecule has 1 aliphatic carbocycles. The van der Waals surface area contributed by atoms with Crippen LogP contribution < -0.4 is 5.73 Å². The topological polar surface area (TPSA) is 55.6 Å². The first kappa shape index (κ1) is 13.8. The smallest absolute Gasteiger partial charge is 0.225 e. The molecule has 1 saturated carbocycles. The first-order valence-corrected chi connectivity index (χ1v) is 7.36. The van der Waals surface area contributed by atoms with Crippen LogP contribution in [0.2, 0.25) is 0 Å². The molecule has 3 atom stereocenters. The van der Waals surface area contributed by atoms with E-state index in [4.69, 9.17) is 10.5 Å². The van der Waals surface area contributed by atoms with E-state index in [1.54, 1.807) is 0 Å². The number of hydrogen-bond acceptors (Lipinski definition) is 3. The zero-order chi connectivity index (χ0) is 13.0. The summed E-state index contributed by atoms with van der Waals surface area (Å²) in [5.41, 5.74) is 5.97. The fraction of sp³-hybridized carbons (Fsp3) is 0.929. The molecule has 4 nitrogen and oxygen atoms in total. The SMILES string of the molecule is CCOC1CCCN(C(=O)C2CCCC(N)C2)C1. The van der Waals surface area contributed by atoms with Gasteiger partial charge in [0.2, 0.25) is 5.91 Å². The van der Waals surface area contributed by atoms with E-state index in [1.807, 2.05) is 11.8 Å². The predicted octanol–water partition coefficient (Wildman–Crippen LogP) is 1.53. The van der Waals surface area contributed by atoms with Gasteiger partial charge in [0.1, 0.15) is 0 Å². The van der Waals surface area contributed by atoms with Crippen molar-refractivity contribution in [3.8, 4) is 0 Å². The van der Waals surface area contributed by atoms with Crippen LogP contribution in [-0.4, -0.2) is 42.6 Å². The van der Waals surface area contributed by atoms with Crippen molar-refractivity contribution in [1.82, 2.24) is 4.90 Å². The third kappa shape index (κ3) is 3.45. The van der Waals surface area contributed by atoms with Gasteiger partial charge in [-0.25, -0.2) is 0 Å². The average molecular weight is 254 g/mol. The first-order valence-electron chi connectivity index (χ1n) is 7.36. The third-order valence-electron chi connectivity index (χ3n) is 4.16. The first-order chi connectivity index (χ1) is 8.70. The lowest BCUT2D eigenvalue weighted by Crippen LogP contribution is -2.47. The third-order valence-corrected chi connectivity index (χ3v) is 4.16. The number of piperidine rings is 1. The molecule has 4 heteroatoms. The number of carbonyl (C=O) groups is 1. The van der Waals surface area contributed by atoms with E-state index in [9.17, 15) is 4.79 Å². The molecular formula is C14H26N2O2. The van der Waals surface area contributed by atoms with Crippen molar-refractivity contribution in [2.75, 3.05) is 19.7 Å². The van der Waals surface area contributed by atoms with Crippen molar-refractivity contribution in [3.63, 3.8) is 0 Å². The number of nitrogens with zero attached hydrogens (tertiary/aromatic N) is 1. The lowest BCUT2D eigenvalue weighted by atomic mass is 9.85. The van der Waals surface area contributed by atoms with Crippen LogP contribution in [0.5, 0.6) is 0 Å². The molecule has 0 aromatic carbocycles. The Bertz CT molecular complexity index is 281. The normalized spacial score (nSPS) is 33.4. The Morgan fingerprint density at radius 2 is 2.17 bits per heavy atom. The molecule has 2 aliphatic rings. The summed E-state index contributed by atoms with van der Waals surface area (Å²) in [6.07, 6.45) is 6.45. The lowest BCUT2D eigenvalue weighted by molar-refractivity contribution is -0.140. The van der Waals surface area contributed by atoms with E-state index < -0.39 is 0 Å². The summed E-state index contributed by atoms with van der Waals surface area (Å²) in [4.78, 5) is 14.5. The molecule has 104 valence electrons. The second kappa shape index (κ2) is 6.53. The van der Waals surface area contributed by atoms with Crippen molar-refractivity contribution in [1.29, 1.82) is 0 Å². The van der Waals surface area contributed by atoms with Gasteiger partial charge in [0.05, 0.1) is 6.10 Å². The highest BCUT2D eigenvalue weighted by Gasteiger charge is 2.31. The molecule has 1 heterocycles. The van der Waals surface area contributed by atoms with Crippen LogP contribution in [0.4, 0.5) is 0 Å². The monoisotopic (exact) mass is 254 g/mol. The van der Waals surface area contributed by atoms with E-state index in [0.717, 1.165) is 58.2 Å². The van der Waals surface area contributed by atoms with Crippen molar-refractivity contribution < 1.29 is 9.53 Å². The summed E-state index contributed by atoms with van der Waals surface area (Å²) in [6, 6.07) is 0.222. The van der Waals surface area contributed by atoms with Gasteiger partial charge in [-0.1, -0.05) is 6.42 Å². The van der Waals surface area contributed by atoms with Crippen LogP contribution in [0, 0.1) is 5.92 Å². The second-order valence-electron chi connectivity index (χ2n) is 5.63. The zero-order valence-corrected chi connectivity index (χ0v) is 11.4. The fourth-order valence-electron chi connectivity index (χ4n) is 3.22. The Labute approximate surface area is 110 Å². The minimum Gasteiger partial charge on any atom is -0.377 e. The standard InChI is InChI=1S/C14H26N2O2/c1-2-18-13-7-4-8-16(10-13)14(17)11-5-3-6-12(15)9-11/h11-13H,2-10,15H2,1H3. The van der Waals surface area contributed by atoms with Gasteiger partial charge in [0, 0.05) is 31.7 Å². The van der Waals surface area contributed by atoms with E-state index >= 15 is 0 Å². The molecule has 1 amide bonds. The van der Waals surface area contributed by atoms with Crippen molar-refractivity contribution >= 4 is 5.91 Å². The largest absolute Gasteiger partial charge is 0.377 e. The van der Waals surface area contributed by atoms with Gasteiger partial charge in [0.15, 0.2) is 0 Å². The molecule has 2 N–H and O–H groups in total. The number of rotatable bonds is 3. The quantitative estimate of drug-likeness (QED) is 0.831. The summed E-state index contributed by atoms with van der Waals surface area (Å²) in [7, 11) is 0. The molecule has 0 aromatic heterocycles. The summed E-state index contributed by atoms with van der Waals surface area (Å²) in [6.45, 7) is 4.43. The molecule has 0 aromatic rings. The van der Waals surface area contributed by atoms with Crippen LogP contribution in [0.15, 0.2) is 0 Å². The Balaban J connectivity index is 1.87. The molecule has 0 bridgehead atoms. The molecule has 18 heavy (non-hydrogen) atoms. The Morgan fingerprint density at radius 3 is 2.89 bits per heavy atom. The number of nitrogens with two attached hydrogens (primary N) is 1. The van der Waals surface area contributed by atoms with Gasteiger partial charge in [-0.2, -0.15) is 0 Å². The number of amides is 1. The highest BCUT2D eigenvalue weighted by molar-refractivity contribution is 5.79. The van der Waals surface area contributed by atoms with Crippen LogP contribution in [0.1, 0.15) is 45.4 Å². The summed E-state index contributed by atoms with van der Waals surface area (Å²) >= 11 is 0. The van der Waals surface area contributed by atoms with Gasteiger partial charge < -0.3 is 15.4 Å². The van der Waals surface area contributed by atoms with Crippen molar-refractivity contribution in [2.24, 2.45) is 11.7 Å². The molecular weight excluding hydrogens is 228 g/mol. The van der Waals surface area contributed by atoms with E-state index in [1.165, 1.54) is 0 Å². The van der Waals surface area contributed by atoms with Gasteiger partial charge in [-0.05, 0) is 39.0 Å². The maximum Gasteiger partial charge on any atom is 0.225 e. The fourth-order valence-corrected chi connectivity index (χ4v) is 3.22. The molecule has 2 fully saturated rings. The van der Waals surface area contributed by atoms with Crippen LogP contribution in [-0.2, 0) is 9.53 Å². The van der Waals surface area contributed by atoms with Crippen molar-refractivity contribution in [2.45, 2.75) is 57.6 Å². The number of likely N-dealkylation sites (tertiary alicyclic amines) is 1. The highest BCUT2D eigenvalue weighted by Crippen LogP contribution is 2.26. The second-order valence-corrected chi connectivity index (χ2v) is 5.63. The summed E-state index contributed by atoms with van der Waals surface area (Å²) in [5.74, 6) is 0.476. The summed E-state index contributed by atoms with van der Waals surface area (Å²) < 4.78 is 5.65. The Kier molecular flexibility index (Phi) is 5.01. The van der Waals surface area contributed by atoms with E-state index in [0.29, 0.717) is 5.91 Å². The van der Waals surface area contributed by atoms with Crippen LogP contribution in [0.3, 0.4) is 0 Å². The van der Waals surface area contributed by atoms with Gasteiger partial charge in [-0.3, -0.25) is 4.79 Å². The minimum absolute atomic E-state index is 0.161. The molecule has 0 radical (unpaired) electrons. The Morgan fingerprint density at radius 1 is 1.33 bits per heavy atom. The van der Waals surface area contributed by atoms with E-state index in [2.05, 4.69) is 0 Å². The molecule has 1 aliphatic heterocycles. The van der Waals surface area contributed by atoms with Gasteiger partial charge in [0.25, 0.3) is 0 Å². The maximum absolute atomic E-state index is 12.5. The Hall–Kier alpha value is -0.610. The average Bonchev–Trinajstić information content (AvgIpc) is 2.39. The van der Waals surface area contributed by atoms with Crippen molar-refractivity contribution in [3.05, 3.63) is 0 Å². The van der Waals surface area contributed by atoms with Gasteiger partial charge in [-0.15, -0.1) is 0 Å². The lowest BCUT2D eigenvalue weighted by Gasteiger charge is -2.36. The maximum atomic E-state index is 12.5. The molecule has 0 spiro atoms. The number of carbonyl (C=O) groups excluding carboxylic acids is 1. The number of ether oxygens (including phenoxy) is 1.